The molecule has 0 spiro atoms. The molecule has 0 atom stereocenters. The van der Waals surface area contributed by atoms with E-state index in [2.05, 4.69) is 4.98 Å². The van der Waals surface area contributed by atoms with Crippen molar-refractivity contribution in [2.45, 2.75) is 25.3 Å². The van der Waals surface area contributed by atoms with E-state index in [1.807, 2.05) is 56.3 Å². The van der Waals surface area contributed by atoms with Gasteiger partial charge in [0.2, 0.25) is 5.91 Å². The van der Waals surface area contributed by atoms with Gasteiger partial charge >= 0.3 is 5.69 Å². The highest BCUT2D eigenvalue weighted by atomic mass is 32.2. The maximum absolute atomic E-state index is 13.2. The molecule has 0 bridgehead atoms. The molecule has 0 unspecified atom stereocenters. The minimum atomic E-state index is -0.687. The average Bonchev–Trinajstić information content (AvgIpc) is 2.76. The van der Waals surface area contributed by atoms with Gasteiger partial charge in [-0.05, 0) is 28.8 Å². The predicted molar refractivity (Wildman–Crippen MR) is 129 cm³/mol. The molecular weight excluding hydrogens is 428 g/mol. The van der Waals surface area contributed by atoms with Gasteiger partial charge in [0.05, 0.1) is 12.4 Å². The summed E-state index contributed by atoms with van der Waals surface area (Å²) in [5.74, 6) is -0.0929. The van der Waals surface area contributed by atoms with Crippen molar-refractivity contribution in [3.8, 4) is 0 Å². The number of anilines is 2. The number of ether oxygens (including phenoxy) is 1. The summed E-state index contributed by atoms with van der Waals surface area (Å²) >= 11 is 1.38. The van der Waals surface area contributed by atoms with E-state index < -0.39 is 11.2 Å². The Kier molecular flexibility index (Phi) is 7.76. The van der Waals surface area contributed by atoms with Crippen molar-refractivity contribution in [3.63, 3.8) is 0 Å². The molecule has 0 saturated carbocycles. The Morgan fingerprint density at radius 1 is 1.19 bits per heavy atom. The second-order valence-electron chi connectivity index (χ2n) is 7.83. The third-order valence-corrected chi connectivity index (χ3v) is 5.91. The molecule has 3 N–H and O–H groups in total. The number of hydrogen-bond donors (Lipinski definition) is 2. The van der Waals surface area contributed by atoms with Crippen LogP contribution < -0.4 is 21.9 Å². The predicted octanol–water partition coefficient (Wildman–Crippen LogP) is 2.70. The lowest BCUT2D eigenvalue weighted by Crippen LogP contribution is -2.43. The van der Waals surface area contributed by atoms with Gasteiger partial charge in [0.25, 0.3) is 5.56 Å². The number of rotatable bonds is 9. The molecule has 0 radical (unpaired) electrons. The van der Waals surface area contributed by atoms with Gasteiger partial charge in [-0.25, -0.2) is 4.79 Å². The molecule has 1 amide bonds. The van der Waals surface area contributed by atoms with Crippen molar-refractivity contribution in [1.82, 2.24) is 9.55 Å². The van der Waals surface area contributed by atoms with Gasteiger partial charge in [0.15, 0.2) is 5.69 Å². The molecule has 1 aromatic heterocycles. The van der Waals surface area contributed by atoms with Crippen LogP contribution in [-0.2, 0) is 16.1 Å². The molecule has 3 rings (SSSR count). The van der Waals surface area contributed by atoms with Gasteiger partial charge in [-0.2, -0.15) is 0 Å². The largest absolute Gasteiger partial charge is 0.383 e. The maximum atomic E-state index is 13.2. The van der Waals surface area contributed by atoms with Crippen molar-refractivity contribution in [3.05, 3.63) is 63.3 Å². The van der Waals surface area contributed by atoms with Crippen LogP contribution in [0.2, 0.25) is 0 Å². The van der Waals surface area contributed by atoms with Gasteiger partial charge in [-0.1, -0.05) is 44.2 Å². The Morgan fingerprint density at radius 2 is 1.91 bits per heavy atom. The Bertz CT molecular complexity index is 1220. The van der Waals surface area contributed by atoms with E-state index >= 15 is 0 Å². The summed E-state index contributed by atoms with van der Waals surface area (Å²) in [7, 11) is 1.51. The third kappa shape index (κ3) is 5.41. The van der Waals surface area contributed by atoms with Gasteiger partial charge in [0, 0.05) is 25.1 Å². The fourth-order valence-electron chi connectivity index (χ4n) is 3.41. The highest BCUT2D eigenvalue weighted by Crippen LogP contribution is 2.25. The maximum Gasteiger partial charge on any atom is 0.330 e. The van der Waals surface area contributed by atoms with E-state index in [1.165, 1.54) is 28.3 Å². The average molecular weight is 457 g/mol. The monoisotopic (exact) mass is 456 g/mol. The van der Waals surface area contributed by atoms with Crippen LogP contribution in [0.15, 0.2) is 56.9 Å². The van der Waals surface area contributed by atoms with Gasteiger partial charge < -0.3 is 15.4 Å². The number of benzene rings is 2. The lowest BCUT2D eigenvalue weighted by atomic mass is 10.1. The molecule has 32 heavy (non-hydrogen) atoms. The number of carbonyl (C=O) groups is 1. The molecule has 0 aliphatic heterocycles. The number of nitrogens with one attached hydrogen (secondary N) is 1. The summed E-state index contributed by atoms with van der Waals surface area (Å²) in [4.78, 5) is 42.6. The van der Waals surface area contributed by atoms with E-state index in [0.29, 0.717) is 6.54 Å². The summed E-state index contributed by atoms with van der Waals surface area (Å²) in [5.41, 5.74) is 4.92. The van der Waals surface area contributed by atoms with Gasteiger partial charge in [-0.3, -0.25) is 19.1 Å². The van der Waals surface area contributed by atoms with Crippen LogP contribution in [-0.4, -0.2) is 41.5 Å². The third-order valence-electron chi connectivity index (χ3n) is 4.94. The van der Waals surface area contributed by atoms with Gasteiger partial charge in [0.1, 0.15) is 5.82 Å². The molecule has 0 fully saturated rings. The number of nitrogens with zero attached hydrogens (tertiary/aromatic N) is 2. The molecule has 9 heteroatoms. The Morgan fingerprint density at radius 3 is 2.59 bits per heavy atom. The molecule has 2 aromatic carbocycles. The van der Waals surface area contributed by atoms with E-state index in [9.17, 15) is 14.4 Å². The van der Waals surface area contributed by atoms with Crippen LogP contribution in [0, 0.1) is 5.92 Å². The van der Waals surface area contributed by atoms with E-state index in [-0.39, 0.29) is 42.2 Å². The number of aromatic nitrogens is 2. The molecule has 1 heterocycles. The summed E-state index contributed by atoms with van der Waals surface area (Å²) in [5, 5.41) is 2.21. The lowest BCUT2D eigenvalue weighted by molar-refractivity contribution is -0.116. The first kappa shape index (κ1) is 23.6. The first-order valence-corrected chi connectivity index (χ1v) is 11.3. The van der Waals surface area contributed by atoms with Crippen molar-refractivity contribution in [2.24, 2.45) is 5.92 Å². The molecule has 3 aromatic rings. The first-order valence-electron chi connectivity index (χ1n) is 10.3. The number of thioether (sulfide) groups is 1. The molecule has 0 saturated heterocycles. The molecule has 0 aliphatic rings. The molecule has 0 aliphatic carbocycles. The Labute approximate surface area is 190 Å². The normalized spacial score (nSPS) is 11.2. The van der Waals surface area contributed by atoms with E-state index in [4.69, 9.17) is 10.5 Å². The molecule has 170 valence electrons. The fraction of sp³-hybridized carbons (Fsp3) is 0.348. The fourth-order valence-corrected chi connectivity index (χ4v) is 4.23. The van der Waals surface area contributed by atoms with Crippen molar-refractivity contribution >= 4 is 39.9 Å². The quantitative estimate of drug-likeness (QED) is 0.479. The zero-order valence-corrected chi connectivity index (χ0v) is 19.3. The van der Waals surface area contributed by atoms with Crippen LogP contribution in [0.25, 0.3) is 10.8 Å². The van der Waals surface area contributed by atoms with Gasteiger partial charge in [-0.15, -0.1) is 11.8 Å². The van der Waals surface area contributed by atoms with Crippen LogP contribution in [0.5, 0.6) is 0 Å². The SMILES string of the molecule is COCCN(C(=O)CSc1ccc2ccccc2c1)c1c(N)n(CC(C)C)c(=O)[nH]c1=O. The van der Waals surface area contributed by atoms with Crippen molar-refractivity contribution in [1.29, 1.82) is 0 Å². The minimum Gasteiger partial charge on any atom is -0.383 e. The smallest absolute Gasteiger partial charge is 0.330 e. The zero-order chi connectivity index (χ0) is 23.3. The topological polar surface area (TPSA) is 110 Å². The number of methoxy groups -OCH3 is 1. The van der Waals surface area contributed by atoms with E-state index in [1.54, 1.807) is 0 Å². The summed E-state index contributed by atoms with van der Waals surface area (Å²) in [6.45, 7) is 4.55. The van der Waals surface area contributed by atoms with E-state index in [0.717, 1.165) is 15.7 Å². The highest BCUT2D eigenvalue weighted by Gasteiger charge is 2.24. The molecular formula is C23H28N4O4S. The number of carbonyl (C=O) groups excluding carboxylic acids is 1. The molecule has 8 nitrogen and oxygen atoms in total. The summed E-state index contributed by atoms with van der Waals surface area (Å²) in [6.07, 6.45) is 0. The summed E-state index contributed by atoms with van der Waals surface area (Å²) in [6, 6.07) is 14.0. The summed E-state index contributed by atoms with van der Waals surface area (Å²) < 4.78 is 6.43. The lowest BCUT2D eigenvalue weighted by Gasteiger charge is -2.24. The number of hydrogen-bond acceptors (Lipinski definition) is 6. The van der Waals surface area contributed by atoms with Crippen molar-refractivity contribution in [2.75, 3.05) is 36.6 Å². The number of H-pyrrole nitrogens is 1. The van der Waals surface area contributed by atoms with Crippen LogP contribution in [0.1, 0.15) is 13.8 Å². The zero-order valence-electron chi connectivity index (χ0n) is 18.5. The standard InChI is InChI=1S/C23H28N4O4S/c1-15(2)13-27-21(24)20(22(29)25-23(27)30)26(10-11-31-3)19(28)14-32-18-9-8-16-6-4-5-7-17(16)12-18/h4-9,12,15H,10-11,13-14,24H2,1-3H3,(H,25,29,30). The number of fused-ring (bicyclic) bond motifs is 1. The van der Waals surface area contributed by atoms with Crippen molar-refractivity contribution < 1.29 is 9.53 Å². The second-order valence-corrected chi connectivity index (χ2v) is 8.88. The van der Waals surface area contributed by atoms with Crippen LogP contribution in [0.4, 0.5) is 11.5 Å². The Hall–Kier alpha value is -3.04. The number of aromatic amines is 1. The first-order chi connectivity index (χ1) is 15.3. The number of nitrogen functional groups attached to an aromatic ring is 1. The highest BCUT2D eigenvalue weighted by molar-refractivity contribution is 8.00. The number of amides is 1. The van der Waals surface area contributed by atoms with Crippen LogP contribution >= 0.6 is 11.8 Å². The Balaban J connectivity index is 1.89. The second kappa shape index (κ2) is 10.5. The minimum absolute atomic E-state index is 0.0207. The number of nitrogens with two attached hydrogens (primary N) is 1. The van der Waals surface area contributed by atoms with Crippen LogP contribution in [0.3, 0.4) is 0 Å².